The molecular formula is C18H24O12. The molecule has 0 aromatic rings. The first-order valence-corrected chi connectivity index (χ1v) is 9.25. The molecule has 3 rings (SSSR count). The van der Waals surface area contributed by atoms with Gasteiger partial charge in [-0.3, -0.25) is 9.59 Å². The zero-order valence-corrected chi connectivity index (χ0v) is 16.2. The van der Waals surface area contributed by atoms with Crippen molar-refractivity contribution in [3.05, 3.63) is 11.8 Å². The first kappa shape index (κ1) is 22.6. The third kappa shape index (κ3) is 3.82. The molecule has 0 radical (unpaired) electrons. The molecule has 0 unspecified atom stereocenters. The molecule has 0 spiro atoms. The fourth-order valence-electron chi connectivity index (χ4n) is 4.08. The normalized spacial score (nSPS) is 40.8. The summed E-state index contributed by atoms with van der Waals surface area (Å²) >= 11 is 0. The Hall–Kier alpha value is -2.09. The number of esters is 2. The van der Waals surface area contributed by atoms with E-state index in [1.165, 1.54) is 0 Å². The van der Waals surface area contributed by atoms with Gasteiger partial charge < -0.3 is 44.1 Å². The molecule has 1 saturated carbocycles. The minimum absolute atomic E-state index is 0.0902. The van der Waals surface area contributed by atoms with Gasteiger partial charge >= 0.3 is 11.9 Å². The fourth-order valence-corrected chi connectivity index (χ4v) is 4.08. The number of aliphatic hydroxyl groups is 4. The van der Waals surface area contributed by atoms with Crippen molar-refractivity contribution >= 4 is 17.7 Å². The summed E-state index contributed by atoms with van der Waals surface area (Å²) in [5.41, 5.74) is -0.0902. The molecule has 12 nitrogen and oxygen atoms in total. The van der Waals surface area contributed by atoms with E-state index in [0.717, 1.165) is 20.5 Å². The lowest BCUT2D eigenvalue weighted by atomic mass is 9.82. The number of aliphatic hydroxyl groups excluding tert-OH is 4. The van der Waals surface area contributed by atoms with Crippen LogP contribution in [0.25, 0.3) is 0 Å². The van der Waals surface area contributed by atoms with Gasteiger partial charge in [0.2, 0.25) is 6.29 Å². The summed E-state index contributed by atoms with van der Waals surface area (Å²) in [6.07, 6.45) is -8.38. The van der Waals surface area contributed by atoms with Crippen LogP contribution in [0.4, 0.5) is 0 Å². The number of hydrogen-bond acceptors (Lipinski definition) is 12. The van der Waals surface area contributed by atoms with Gasteiger partial charge in [-0.2, -0.15) is 0 Å². The minimum atomic E-state index is -1.72. The first-order chi connectivity index (χ1) is 14.2. The number of ketones is 1. The van der Waals surface area contributed by atoms with Crippen LogP contribution in [0.3, 0.4) is 0 Å². The summed E-state index contributed by atoms with van der Waals surface area (Å²) in [5.74, 6) is -5.03. The molecule has 30 heavy (non-hydrogen) atoms. The number of carbonyl (C=O) groups excluding carboxylic acids is 3. The van der Waals surface area contributed by atoms with E-state index in [1.54, 1.807) is 0 Å². The Morgan fingerprint density at radius 1 is 1.10 bits per heavy atom. The quantitative estimate of drug-likeness (QED) is 0.329. The molecule has 168 valence electrons. The number of carbonyl (C=O) groups is 3. The van der Waals surface area contributed by atoms with Gasteiger partial charge in [-0.05, 0) is 0 Å². The summed E-state index contributed by atoms with van der Waals surface area (Å²) in [7, 11) is 2.28. The summed E-state index contributed by atoms with van der Waals surface area (Å²) in [6.45, 7) is -0.669. The van der Waals surface area contributed by atoms with Gasteiger partial charge in [-0.15, -0.1) is 0 Å². The van der Waals surface area contributed by atoms with Crippen molar-refractivity contribution in [1.29, 1.82) is 0 Å². The second-order valence-corrected chi connectivity index (χ2v) is 7.26. The van der Waals surface area contributed by atoms with E-state index in [2.05, 4.69) is 4.74 Å². The van der Waals surface area contributed by atoms with Crippen molar-refractivity contribution in [3.63, 3.8) is 0 Å². The monoisotopic (exact) mass is 432 g/mol. The van der Waals surface area contributed by atoms with Crippen LogP contribution in [0.15, 0.2) is 11.8 Å². The highest BCUT2D eigenvalue weighted by Crippen LogP contribution is 2.46. The predicted octanol–water partition coefficient (Wildman–Crippen LogP) is -2.79. The van der Waals surface area contributed by atoms with E-state index in [4.69, 9.17) is 18.9 Å². The molecule has 2 heterocycles. The maximum atomic E-state index is 12.6. The van der Waals surface area contributed by atoms with Crippen molar-refractivity contribution in [2.75, 3.05) is 20.8 Å². The zero-order chi connectivity index (χ0) is 22.2. The molecule has 0 amide bonds. The lowest BCUT2D eigenvalue weighted by Crippen LogP contribution is -2.60. The van der Waals surface area contributed by atoms with Crippen LogP contribution in [0.2, 0.25) is 0 Å². The molecule has 9 atom stereocenters. The molecule has 4 N–H and O–H groups in total. The Bertz CT molecular complexity index is 718. The molecule has 3 aliphatic rings. The van der Waals surface area contributed by atoms with Crippen LogP contribution in [-0.4, -0.2) is 96.0 Å². The number of hydrogen-bond donors (Lipinski definition) is 4. The maximum absolute atomic E-state index is 12.6. The van der Waals surface area contributed by atoms with Crippen LogP contribution in [0.5, 0.6) is 0 Å². The molecule has 0 aromatic carbocycles. The highest BCUT2D eigenvalue weighted by Gasteiger charge is 2.57. The Labute approximate surface area is 170 Å². The molecular weight excluding hydrogens is 408 g/mol. The lowest BCUT2D eigenvalue weighted by molar-refractivity contribution is -0.342. The number of rotatable bonds is 5. The topological polar surface area (TPSA) is 178 Å². The van der Waals surface area contributed by atoms with Crippen molar-refractivity contribution in [2.45, 2.75) is 43.4 Å². The Kier molecular flexibility index (Phi) is 6.75. The second-order valence-electron chi connectivity index (χ2n) is 7.26. The Balaban J connectivity index is 1.90. The van der Waals surface area contributed by atoms with E-state index >= 15 is 0 Å². The standard InChI is InChI=1S/C18H24O12/c1-26-15(24)6-3-8(20)10-7(16(25)27-2)5-28-17(11(6)10)30-18-14(23)13(22)12(21)9(4-19)29-18/h5-6,9-14,17-19,21-23H,3-4H2,1-2H3/t6-,9-,10-,11+,12+,13-,14-,17-,18-/m0/s1. The molecule has 2 fully saturated rings. The molecule has 0 aromatic heterocycles. The van der Waals surface area contributed by atoms with Crippen molar-refractivity contribution < 1.29 is 58.5 Å². The van der Waals surface area contributed by atoms with Gasteiger partial charge in [0.05, 0.1) is 44.5 Å². The number of Topliss-reactive ketones (excluding diaryl/α,β-unsaturated/α-hetero) is 1. The van der Waals surface area contributed by atoms with Crippen LogP contribution < -0.4 is 0 Å². The summed E-state index contributed by atoms with van der Waals surface area (Å²) in [5, 5.41) is 39.3. The highest BCUT2D eigenvalue weighted by atomic mass is 16.8. The molecule has 1 saturated heterocycles. The van der Waals surface area contributed by atoms with Gasteiger partial charge in [-0.25, -0.2) is 4.79 Å². The van der Waals surface area contributed by atoms with Gasteiger partial charge in [0.25, 0.3) is 0 Å². The largest absolute Gasteiger partial charge is 0.471 e. The molecule has 2 aliphatic heterocycles. The van der Waals surface area contributed by atoms with E-state index < -0.39 is 79.1 Å². The van der Waals surface area contributed by atoms with Crippen molar-refractivity contribution in [2.24, 2.45) is 17.8 Å². The van der Waals surface area contributed by atoms with Gasteiger partial charge in [0.15, 0.2) is 6.29 Å². The smallest absolute Gasteiger partial charge is 0.337 e. The number of methoxy groups -OCH3 is 2. The third-order valence-electron chi connectivity index (χ3n) is 5.64. The van der Waals surface area contributed by atoms with Crippen LogP contribution >= 0.6 is 0 Å². The van der Waals surface area contributed by atoms with Crippen LogP contribution in [0, 0.1) is 17.8 Å². The summed E-state index contributed by atoms with van der Waals surface area (Å²) < 4.78 is 25.8. The van der Waals surface area contributed by atoms with E-state index in [1.807, 2.05) is 0 Å². The SMILES string of the molecule is COC(=O)C1=CO[C@@H](O[C@@H]2O[C@@H](CO)[C@@H](O)[C@H](O)[C@@H]2O)[C@H]2[C@@H]1C(=O)C[C@@H]2C(=O)OC. The van der Waals surface area contributed by atoms with Gasteiger partial charge in [0, 0.05) is 12.3 Å². The predicted molar refractivity (Wildman–Crippen MR) is 91.9 cm³/mol. The Morgan fingerprint density at radius 3 is 2.40 bits per heavy atom. The first-order valence-electron chi connectivity index (χ1n) is 9.25. The summed E-state index contributed by atoms with van der Waals surface area (Å²) in [6, 6.07) is 0. The van der Waals surface area contributed by atoms with E-state index in [0.29, 0.717) is 0 Å². The van der Waals surface area contributed by atoms with Crippen molar-refractivity contribution in [3.8, 4) is 0 Å². The third-order valence-corrected chi connectivity index (χ3v) is 5.64. The van der Waals surface area contributed by atoms with E-state index in [-0.39, 0.29) is 12.0 Å². The average Bonchev–Trinajstić information content (AvgIpc) is 3.10. The van der Waals surface area contributed by atoms with Crippen LogP contribution in [0.1, 0.15) is 6.42 Å². The molecule has 12 heteroatoms. The van der Waals surface area contributed by atoms with Gasteiger partial charge in [-0.1, -0.05) is 0 Å². The molecule has 1 aliphatic carbocycles. The van der Waals surface area contributed by atoms with Crippen molar-refractivity contribution in [1.82, 2.24) is 0 Å². The summed E-state index contributed by atoms with van der Waals surface area (Å²) in [4.78, 5) is 36.9. The number of fused-ring (bicyclic) bond motifs is 1. The average molecular weight is 432 g/mol. The van der Waals surface area contributed by atoms with E-state index in [9.17, 15) is 34.8 Å². The lowest BCUT2D eigenvalue weighted by Gasteiger charge is -2.42. The Morgan fingerprint density at radius 2 is 1.80 bits per heavy atom. The molecule has 0 bridgehead atoms. The number of ether oxygens (including phenoxy) is 5. The van der Waals surface area contributed by atoms with Crippen LogP contribution in [-0.2, 0) is 38.1 Å². The van der Waals surface area contributed by atoms with Gasteiger partial charge in [0.1, 0.15) is 30.2 Å². The minimum Gasteiger partial charge on any atom is -0.471 e. The second kappa shape index (κ2) is 8.96. The highest BCUT2D eigenvalue weighted by molar-refractivity contribution is 6.01. The fraction of sp³-hybridized carbons (Fsp3) is 0.722. The zero-order valence-electron chi connectivity index (χ0n) is 16.2. The maximum Gasteiger partial charge on any atom is 0.337 e.